The molecule has 3 aromatic rings. The van der Waals surface area contributed by atoms with Crippen LogP contribution in [0.5, 0.6) is 5.75 Å². The summed E-state index contributed by atoms with van der Waals surface area (Å²) in [4.78, 5) is 22.3. The highest BCUT2D eigenvalue weighted by Gasteiger charge is 2.30. The average molecular weight is 336 g/mol. The van der Waals surface area contributed by atoms with Crippen LogP contribution >= 0.6 is 0 Å². The summed E-state index contributed by atoms with van der Waals surface area (Å²) in [5.41, 5.74) is 1.08. The fourth-order valence-corrected chi connectivity index (χ4v) is 2.80. The van der Waals surface area contributed by atoms with E-state index in [1.807, 2.05) is 18.2 Å². The number of aromatic nitrogens is 3. The van der Waals surface area contributed by atoms with Gasteiger partial charge in [-0.3, -0.25) is 14.8 Å². The number of hydrogen-bond acceptors (Lipinski definition) is 6. The lowest BCUT2D eigenvalue weighted by Gasteiger charge is -2.15. The molecule has 0 bridgehead atoms. The molecule has 0 aromatic carbocycles. The standard InChI is InChI=1S/C18H16N4O3/c23-18(16-10-17(25-21-16)13-2-1-6-20-11-13)22-9-5-15(12-22)24-14-3-7-19-8-4-14/h1-4,6-8,10-11,15H,5,9,12H2. The minimum atomic E-state index is -0.153. The van der Waals surface area contributed by atoms with E-state index in [1.54, 1.807) is 41.8 Å². The Morgan fingerprint density at radius 3 is 2.88 bits per heavy atom. The minimum Gasteiger partial charge on any atom is -0.488 e. The maximum Gasteiger partial charge on any atom is 0.276 e. The van der Waals surface area contributed by atoms with Crippen LogP contribution in [-0.4, -0.2) is 45.1 Å². The number of nitrogens with zero attached hydrogens (tertiary/aromatic N) is 4. The largest absolute Gasteiger partial charge is 0.488 e. The van der Waals surface area contributed by atoms with E-state index in [0.29, 0.717) is 24.5 Å². The van der Waals surface area contributed by atoms with Gasteiger partial charge < -0.3 is 14.2 Å². The SMILES string of the molecule is O=C(c1cc(-c2cccnc2)on1)N1CCC(Oc2ccncc2)C1. The molecule has 1 saturated heterocycles. The van der Waals surface area contributed by atoms with Crippen molar-refractivity contribution in [3.63, 3.8) is 0 Å². The van der Waals surface area contributed by atoms with Crippen molar-refractivity contribution in [2.45, 2.75) is 12.5 Å². The number of pyridine rings is 2. The quantitative estimate of drug-likeness (QED) is 0.728. The summed E-state index contributed by atoms with van der Waals surface area (Å²) in [6.07, 6.45) is 7.46. The smallest absolute Gasteiger partial charge is 0.276 e. The van der Waals surface area contributed by atoms with Crippen LogP contribution in [0.3, 0.4) is 0 Å². The maximum atomic E-state index is 12.6. The molecule has 0 spiro atoms. The summed E-state index contributed by atoms with van der Waals surface area (Å²) < 4.78 is 11.2. The Bertz CT molecular complexity index is 851. The third-order valence-electron chi connectivity index (χ3n) is 4.06. The van der Waals surface area contributed by atoms with Crippen molar-refractivity contribution in [1.29, 1.82) is 0 Å². The highest BCUT2D eigenvalue weighted by molar-refractivity contribution is 5.93. The topological polar surface area (TPSA) is 81.4 Å². The number of ether oxygens (including phenoxy) is 1. The zero-order valence-electron chi connectivity index (χ0n) is 13.4. The van der Waals surface area contributed by atoms with Gasteiger partial charge in [0.2, 0.25) is 0 Å². The lowest BCUT2D eigenvalue weighted by atomic mass is 10.2. The third kappa shape index (κ3) is 3.35. The molecule has 126 valence electrons. The number of rotatable bonds is 4. The number of carbonyl (C=O) groups is 1. The van der Waals surface area contributed by atoms with Crippen LogP contribution in [0.15, 0.2) is 59.6 Å². The molecule has 3 aromatic heterocycles. The third-order valence-corrected chi connectivity index (χ3v) is 4.06. The number of hydrogen-bond donors (Lipinski definition) is 0. The summed E-state index contributed by atoms with van der Waals surface area (Å²) in [5, 5.41) is 3.90. The first-order chi connectivity index (χ1) is 12.3. The second-order valence-corrected chi connectivity index (χ2v) is 5.78. The van der Waals surface area contributed by atoms with Gasteiger partial charge in [0, 0.05) is 49.4 Å². The van der Waals surface area contributed by atoms with E-state index in [-0.39, 0.29) is 12.0 Å². The molecule has 25 heavy (non-hydrogen) atoms. The summed E-state index contributed by atoms with van der Waals surface area (Å²) in [7, 11) is 0. The normalized spacial score (nSPS) is 16.8. The lowest BCUT2D eigenvalue weighted by Crippen LogP contribution is -2.31. The Labute approximate surface area is 144 Å². The molecular weight excluding hydrogens is 320 g/mol. The van der Waals surface area contributed by atoms with Gasteiger partial charge >= 0.3 is 0 Å². The Balaban J connectivity index is 1.41. The van der Waals surface area contributed by atoms with Crippen molar-refractivity contribution < 1.29 is 14.1 Å². The fraction of sp³-hybridized carbons (Fsp3) is 0.222. The van der Waals surface area contributed by atoms with Gasteiger partial charge in [0.1, 0.15) is 11.9 Å². The van der Waals surface area contributed by atoms with Gasteiger partial charge in [-0.1, -0.05) is 5.16 Å². The molecule has 4 rings (SSSR count). The molecule has 0 radical (unpaired) electrons. The van der Waals surface area contributed by atoms with Crippen LogP contribution in [0.25, 0.3) is 11.3 Å². The van der Waals surface area contributed by atoms with Crippen molar-refractivity contribution >= 4 is 5.91 Å². The summed E-state index contributed by atoms with van der Waals surface area (Å²) in [6, 6.07) is 8.93. The van der Waals surface area contributed by atoms with Gasteiger partial charge in [0.15, 0.2) is 11.5 Å². The molecular formula is C18H16N4O3. The Morgan fingerprint density at radius 1 is 1.20 bits per heavy atom. The van der Waals surface area contributed by atoms with Crippen LogP contribution in [0.4, 0.5) is 0 Å². The first-order valence-corrected chi connectivity index (χ1v) is 8.02. The van der Waals surface area contributed by atoms with Crippen LogP contribution in [0.1, 0.15) is 16.9 Å². The molecule has 7 nitrogen and oxygen atoms in total. The van der Waals surface area contributed by atoms with Gasteiger partial charge in [-0.05, 0) is 24.3 Å². The zero-order chi connectivity index (χ0) is 17.1. The average Bonchev–Trinajstić information content (AvgIpc) is 3.33. The summed E-state index contributed by atoms with van der Waals surface area (Å²) in [5.74, 6) is 1.13. The van der Waals surface area contributed by atoms with Gasteiger partial charge in [-0.15, -0.1) is 0 Å². The molecule has 4 heterocycles. The van der Waals surface area contributed by atoms with Crippen molar-refractivity contribution in [1.82, 2.24) is 20.0 Å². The zero-order valence-corrected chi connectivity index (χ0v) is 13.4. The number of likely N-dealkylation sites (tertiary alicyclic amines) is 1. The molecule has 1 atom stereocenters. The van der Waals surface area contributed by atoms with E-state index < -0.39 is 0 Å². The van der Waals surface area contributed by atoms with E-state index in [1.165, 1.54) is 0 Å². The molecule has 1 aliphatic rings. The second-order valence-electron chi connectivity index (χ2n) is 5.78. The lowest BCUT2D eigenvalue weighted by molar-refractivity contribution is 0.0762. The predicted molar refractivity (Wildman–Crippen MR) is 88.9 cm³/mol. The summed E-state index contributed by atoms with van der Waals surface area (Å²) in [6.45, 7) is 1.15. The minimum absolute atomic E-state index is 0.0314. The van der Waals surface area contributed by atoms with E-state index in [0.717, 1.165) is 17.7 Å². The molecule has 7 heteroatoms. The molecule has 1 amide bonds. The monoisotopic (exact) mass is 336 g/mol. The highest BCUT2D eigenvalue weighted by atomic mass is 16.5. The first kappa shape index (κ1) is 15.3. The Kier molecular flexibility index (Phi) is 4.12. The number of amides is 1. The van der Waals surface area contributed by atoms with Gasteiger partial charge in [0.25, 0.3) is 5.91 Å². The second kappa shape index (κ2) is 6.72. The molecule has 1 fully saturated rings. The van der Waals surface area contributed by atoms with Crippen molar-refractivity contribution in [2.24, 2.45) is 0 Å². The van der Waals surface area contributed by atoms with E-state index in [2.05, 4.69) is 15.1 Å². The highest BCUT2D eigenvalue weighted by Crippen LogP contribution is 2.22. The maximum absolute atomic E-state index is 12.6. The van der Waals surface area contributed by atoms with Gasteiger partial charge in [0.05, 0.1) is 6.54 Å². The molecule has 1 aliphatic heterocycles. The Morgan fingerprint density at radius 2 is 2.08 bits per heavy atom. The summed E-state index contributed by atoms with van der Waals surface area (Å²) >= 11 is 0. The molecule has 1 unspecified atom stereocenters. The van der Waals surface area contributed by atoms with E-state index >= 15 is 0 Å². The predicted octanol–water partition coefficient (Wildman–Crippen LogP) is 2.43. The van der Waals surface area contributed by atoms with Crippen LogP contribution in [-0.2, 0) is 0 Å². The first-order valence-electron chi connectivity index (χ1n) is 8.02. The van der Waals surface area contributed by atoms with Gasteiger partial charge in [-0.25, -0.2) is 0 Å². The van der Waals surface area contributed by atoms with Crippen LogP contribution in [0.2, 0.25) is 0 Å². The van der Waals surface area contributed by atoms with E-state index in [9.17, 15) is 4.79 Å². The molecule has 0 saturated carbocycles. The molecule has 0 N–H and O–H groups in total. The van der Waals surface area contributed by atoms with Crippen molar-refractivity contribution in [3.05, 3.63) is 60.8 Å². The Hall–Kier alpha value is -3.22. The van der Waals surface area contributed by atoms with Crippen LogP contribution < -0.4 is 4.74 Å². The van der Waals surface area contributed by atoms with Crippen LogP contribution in [0, 0.1) is 0 Å². The van der Waals surface area contributed by atoms with Crippen molar-refractivity contribution in [3.8, 4) is 17.1 Å². The van der Waals surface area contributed by atoms with E-state index in [4.69, 9.17) is 9.26 Å². The van der Waals surface area contributed by atoms with Crippen molar-refractivity contribution in [2.75, 3.05) is 13.1 Å². The number of carbonyl (C=O) groups excluding carboxylic acids is 1. The van der Waals surface area contributed by atoms with Gasteiger partial charge in [-0.2, -0.15) is 0 Å². The molecule has 0 aliphatic carbocycles. The fourth-order valence-electron chi connectivity index (χ4n) is 2.80.